The van der Waals surface area contributed by atoms with E-state index < -0.39 is 0 Å². The molecule has 2 rings (SSSR count). The Kier molecular flexibility index (Phi) is 5.08. The molecule has 2 nitrogen and oxygen atoms in total. The van der Waals surface area contributed by atoms with Crippen molar-refractivity contribution in [3.63, 3.8) is 0 Å². The van der Waals surface area contributed by atoms with Gasteiger partial charge in [-0.2, -0.15) is 0 Å². The lowest BCUT2D eigenvalue weighted by Crippen LogP contribution is -2.15. The number of hydrogen-bond donors (Lipinski definition) is 1. The van der Waals surface area contributed by atoms with Gasteiger partial charge in [-0.15, -0.1) is 0 Å². The molecule has 2 aromatic rings. The zero-order valence-corrected chi connectivity index (χ0v) is 13.8. The van der Waals surface area contributed by atoms with Crippen LogP contribution in [0.15, 0.2) is 40.9 Å². The van der Waals surface area contributed by atoms with Gasteiger partial charge in [-0.3, -0.25) is 4.79 Å². The second-order valence-corrected chi connectivity index (χ2v) is 6.18. The molecule has 0 fully saturated rings. The first-order valence-electron chi connectivity index (χ1n) is 5.95. The highest BCUT2D eigenvalue weighted by molar-refractivity contribution is 9.10. The molecule has 0 aliphatic heterocycles. The number of carbonyl (C=O) groups excluding carboxylic acids is 1. The van der Waals surface area contributed by atoms with Crippen LogP contribution in [0.25, 0.3) is 0 Å². The highest BCUT2D eigenvalue weighted by atomic mass is 79.9. The lowest BCUT2D eigenvalue weighted by Gasteiger charge is -2.09. The molecule has 0 saturated carbocycles. The fraction of sp³-hybridized carbons (Fsp3) is 0.133. The van der Waals surface area contributed by atoms with Gasteiger partial charge in [0.05, 0.1) is 6.42 Å². The second-order valence-electron chi connectivity index (χ2n) is 4.42. The molecule has 0 atom stereocenters. The van der Waals surface area contributed by atoms with Crippen LogP contribution in [0.5, 0.6) is 0 Å². The fourth-order valence-electron chi connectivity index (χ4n) is 1.80. The zero-order chi connectivity index (χ0) is 14.7. The van der Waals surface area contributed by atoms with Gasteiger partial charge in [0.15, 0.2) is 0 Å². The van der Waals surface area contributed by atoms with Crippen molar-refractivity contribution in [1.82, 2.24) is 0 Å². The summed E-state index contributed by atoms with van der Waals surface area (Å²) in [7, 11) is 0. The number of aryl methyl sites for hydroxylation is 1. The lowest BCUT2D eigenvalue weighted by molar-refractivity contribution is -0.115. The molecule has 0 heterocycles. The van der Waals surface area contributed by atoms with Crippen molar-refractivity contribution in [2.45, 2.75) is 13.3 Å². The molecule has 104 valence electrons. The summed E-state index contributed by atoms with van der Waals surface area (Å²) in [6.07, 6.45) is 0.214. The smallest absolute Gasteiger partial charge is 0.228 e. The van der Waals surface area contributed by atoms with Gasteiger partial charge in [0.25, 0.3) is 0 Å². The maximum Gasteiger partial charge on any atom is 0.228 e. The SMILES string of the molecule is Cc1cc(Br)ccc1NC(=O)Cc1ccc(Cl)cc1Cl. The zero-order valence-electron chi connectivity index (χ0n) is 10.7. The van der Waals surface area contributed by atoms with Crippen LogP contribution in [-0.4, -0.2) is 5.91 Å². The summed E-state index contributed by atoms with van der Waals surface area (Å²) in [6.45, 7) is 1.94. The topological polar surface area (TPSA) is 29.1 Å². The third-order valence-electron chi connectivity index (χ3n) is 2.83. The Balaban J connectivity index is 2.09. The minimum absolute atomic E-state index is 0.111. The first kappa shape index (κ1) is 15.4. The summed E-state index contributed by atoms with van der Waals surface area (Å²) in [4.78, 5) is 12.0. The Morgan fingerprint density at radius 3 is 2.60 bits per heavy atom. The summed E-state index contributed by atoms with van der Waals surface area (Å²) < 4.78 is 0.980. The maximum atomic E-state index is 12.0. The van der Waals surface area contributed by atoms with Crippen molar-refractivity contribution in [3.05, 3.63) is 62.0 Å². The number of hydrogen-bond acceptors (Lipinski definition) is 1. The van der Waals surface area contributed by atoms with E-state index in [1.807, 2.05) is 25.1 Å². The molecule has 5 heteroatoms. The number of anilines is 1. The first-order valence-corrected chi connectivity index (χ1v) is 7.50. The van der Waals surface area contributed by atoms with Gasteiger partial charge in [0, 0.05) is 20.2 Å². The summed E-state index contributed by atoms with van der Waals surface area (Å²) in [5, 5.41) is 3.93. The van der Waals surface area contributed by atoms with E-state index >= 15 is 0 Å². The summed E-state index contributed by atoms with van der Waals surface area (Å²) in [6, 6.07) is 10.8. The van der Waals surface area contributed by atoms with Crippen molar-refractivity contribution >= 4 is 50.7 Å². The molecule has 0 spiro atoms. The molecule has 20 heavy (non-hydrogen) atoms. The fourth-order valence-corrected chi connectivity index (χ4v) is 2.75. The summed E-state index contributed by atoms with van der Waals surface area (Å²) >= 11 is 15.3. The van der Waals surface area contributed by atoms with E-state index in [1.165, 1.54) is 0 Å². The number of benzene rings is 2. The molecule has 0 bridgehead atoms. The average Bonchev–Trinajstić information content (AvgIpc) is 2.36. The van der Waals surface area contributed by atoms with Gasteiger partial charge in [-0.05, 0) is 48.4 Å². The maximum absolute atomic E-state index is 12.0. The van der Waals surface area contributed by atoms with Crippen LogP contribution in [0.1, 0.15) is 11.1 Å². The van der Waals surface area contributed by atoms with E-state index in [2.05, 4.69) is 21.2 Å². The van der Waals surface area contributed by atoms with Crippen LogP contribution in [0, 0.1) is 6.92 Å². The Labute approximate surface area is 136 Å². The van der Waals surface area contributed by atoms with Gasteiger partial charge >= 0.3 is 0 Å². The van der Waals surface area contributed by atoms with Gasteiger partial charge in [-0.25, -0.2) is 0 Å². The minimum atomic E-state index is -0.111. The molecular weight excluding hydrogens is 361 g/mol. The minimum Gasteiger partial charge on any atom is -0.326 e. The van der Waals surface area contributed by atoms with Crippen LogP contribution in [0.2, 0.25) is 10.0 Å². The van der Waals surface area contributed by atoms with Crippen LogP contribution >= 0.6 is 39.1 Å². The monoisotopic (exact) mass is 371 g/mol. The second kappa shape index (κ2) is 6.61. The van der Waals surface area contributed by atoms with Crippen molar-refractivity contribution in [1.29, 1.82) is 0 Å². The van der Waals surface area contributed by atoms with Crippen molar-refractivity contribution < 1.29 is 4.79 Å². The van der Waals surface area contributed by atoms with E-state index in [1.54, 1.807) is 18.2 Å². The van der Waals surface area contributed by atoms with Crippen molar-refractivity contribution in [2.24, 2.45) is 0 Å². The molecule has 0 aliphatic carbocycles. The van der Waals surface area contributed by atoms with E-state index in [9.17, 15) is 4.79 Å². The Morgan fingerprint density at radius 1 is 1.20 bits per heavy atom. The third-order valence-corrected chi connectivity index (χ3v) is 3.91. The predicted octanol–water partition coefficient (Wildman–Crippen LogP) is 5.25. The number of nitrogens with one attached hydrogen (secondary N) is 1. The molecule has 0 unspecified atom stereocenters. The first-order chi connectivity index (χ1) is 9.45. The Bertz CT molecular complexity index is 603. The van der Waals surface area contributed by atoms with Crippen LogP contribution in [-0.2, 0) is 11.2 Å². The van der Waals surface area contributed by atoms with E-state index in [0.29, 0.717) is 10.0 Å². The molecule has 0 aromatic heterocycles. The Morgan fingerprint density at radius 2 is 1.95 bits per heavy atom. The average molecular weight is 373 g/mol. The molecular formula is C15H12BrCl2NO. The normalized spacial score (nSPS) is 10.4. The standard InChI is InChI=1S/C15H12BrCl2NO/c1-9-6-11(16)3-5-14(9)19-15(20)7-10-2-4-12(17)8-13(10)18/h2-6,8H,7H2,1H3,(H,19,20). The number of amides is 1. The van der Waals surface area contributed by atoms with E-state index in [4.69, 9.17) is 23.2 Å². The Hall–Kier alpha value is -1.03. The van der Waals surface area contributed by atoms with Gasteiger partial charge in [-0.1, -0.05) is 45.2 Å². The largest absolute Gasteiger partial charge is 0.326 e. The quantitative estimate of drug-likeness (QED) is 0.783. The number of halogens is 3. The molecule has 2 aromatic carbocycles. The van der Waals surface area contributed by atoms with Crippen molar-refractivity contribution in [3.8, 4) is 0 Å². The van der Waals surface area contributed by atoms with Gasteiger partial charge < -0.3 is 5.32 Å². The van der Waals surface area contributed by atoms with E-state index in [0.717, 1.165) is 21.3 Å². The predicted molar refractivity (Wildman–Crippen MR) is 87.7 cm³/mol. The number of carbonyl (C=O) groups is 1. The van der Waals surface area contributed by atoms with Crippen molar-refractivity contribution in [2.75, 3.05) is 5.32 Å². The molecule has 0 aliphatic rings. The third kappa shape index (κ3) is 3.98. The number of rotatable bonds is 3. The van der Waals surface area contributed by atoms with Gasteiger partial charge in [0.1, 0.15) is 0 Å². The van der Waals surface area contributed by atoms with Crippen LogP contribution in [0.3, 0.4) is 0 Å². The molecule has 1 N–H and O–H groups in total. The van der Waals surface area contributed by atoms with E-state index in [-0.39, 0.29) is 12.3 Å². The van der Waals surface area contributed by atoms with Crippen LogP contribution < -0.4 is 5.32 Å². The molecule has 0 radical (unpaired) electrons. The molecule has 0 saturated heterocycles. The highest BCUT2D eigenvalue weighted by Crippen LogP contribution is 2.23. The molecule has 1 amide bonds. The van der Waals surface area contributed by atoms with Gasteiger partial charge in [0.2, 0.25) is 5.91 Å². The summed E-state index contributed by atoms with van der Waals surface area (Å²) in [5.41, 5.74) is 2.54. The van der Waals surface area contributed by atoms with Crippen LogP contribution in [0.4, 0.5) is 5.69 Å². The summed E-state index contributed by atoms with van der Waals surface area (Å²) in [5.74, 6) is -0.111. The lowest BCUT2D eigenvalue weighted by atomic mass is 10.1. The highest BCUT2D eigenvalue weighted by Gasteiger charge is 2.09.